The van der Waals surface area contributed by atoms with Gasteiger partial charge in [-0.05, 0) is 51.1 Å². The summed E-state index contributed by atoms with van der Waals surface area (Å²) in [4.78, 5) is 38.6. The molecule has 1 aliphatic rings. The molecule has 12 heteroatoms. The van der Waals surface area contributed by atoms with Crippen LogP contribution in [0.4, 0.5) is 5.69 Å². The zero-order valence-corrected chi connectivity index (χ0v) is 19.4. The fourth-order valence-corrected chi connectivity index (χ4v) is 3.54. The molecular weight excluding hydrogens is 483 g/mol. The number of rotatable bonds is 7. The minimum Gasteiger partial charge on any atom is -0.488 e. The molecule has 1 fully saturated rings. The number of H-pyrrole nitrogens is 1. The van der Waals surface area contributed by atoms with Crippen molar-refractivity contribution >= 4 is 59.1 Å². The first-order chi connectivity index (χ1) is 14.8. The molecule has 3 rings (SSSR count). The number of nitrogens with one attached hydrogen (secondary N) is 4. The summed E-state index contributed by atoms with van der Waals surface area (Å²) < 4.78 is 6.08. The van der Waals surface area contributed by atoms with Crippen LogP contribution in [-0.4, -0.2) is 53.6 Å². The molecule has 9 nitrogen and oxygen atoms in total. The van der Waals surface area contributed by atoms with Gasteiger partial charge in [0.2, 0.25) is 0 Å². The normalized spacial score (nSPS) is 13.7. The molecule has 0 aliphatic carbocycles. The Balaban J connectivity index is 0.00000363. The number of carboxylic acid groups (broad SMARTS) is 1. The summed E-state index contributed by atoms with van der Waals surface area (Å²) in [6.45, 7) is 2.77. The summed E-state index contributed by atoms with van der Waals surface area (Å²) >= 11 is 12.2. The molecule has 32 heavy (non-hydrogen) atoms. The van der Waals surface area contributed by atoms with Crippen molar-refractivity contribution in [2.45, 2.75) is 25.9 Å². The van der Waals surface area contributed by atoms with Crippen LogP contribution >= 0.6 is 35.6 Å². The number of aliphatic carboxylic acids is 1. The van der Waals surface area contributed by atoms with Gasteiger partial charge < -0.3 is 30.8 Å². The molecule has 0 saturated carbocycles. The summed E-state index contributed by atoms with van der Waals surface area (Å²) in [6.07, 6.45) is 1.43. The molecule has 174 valence electrons. The fourth-order valence-electron chi connectivity index (χ4n) is 3.13. The van der Waals surface area contributed by atoms with E-state index in [1.165, 1.54) is 18.2 Å². The number of aromatic nitrogens is 1. The first kappa shape index (κ1) is 25.8. The predicted molar refractivity (Wildman–Crippen MR) is 124 cm³/mol. The number of benzene rings is 1. The van der Waals surface area contributed by atoms with Crippen LogP contribution in [-0.2, 0) is 4.79 Å². The van der Waals surface area contributed by atoms with Gasteiger partial charge in [-0.3, -0.25) is 14.4 Å². The number of amides is 2. The Morgan fingerprint density at radius 2 is 1.84 bits per heavy atom. The Morgan fingerprint density at radius 3 is 2.44 bits per heavy atom. The molecule has 0 spiro atoms. The zero-order chi connectivity index (χ0) is 22.5. The number of carbonyl (C=O) groups excluding carboxylic acids is 2. The van der Waals surface area contributed by atoms with Crippen LogP contribution < -0.4 is 20.7 Å². The SMILES string of the molecule is Cc1[nH]c(C(=O)Nc2ccc(C(=O)NCC(=O)O)cc2OC2CCNCC2)c(Cl)c1Cl.Cl. The van der Waals surface area contributed by atoms with Gasteiger partial charge in [-0.2, -0.15) is 0 Å². The molecule has 0 unspecified atom stereocenters. The largest absolute Gasteiger partial charge is 0.488 e. The highest BCUT2D eigenvalue weighted by Crippen LogP contribution is 2.32. The number of carboxylic acids is 1. The summed E-state index contributed by atoms with van der Waals surface area (Å²) in [7, 11) is 0. The van der Waals surface area contributed by atoms with Crippen molar-refractivity contribution in [3.63, 3.8) is 0 Å². The van der Waals surface area contributed by atoms with E-state index in [0.717, 1.165) is 25.9 Å². The minimum atomic E-state index is -1.15. The molecule has 2 heterocycles. The van der Waals surface area contributed by atoms with Crippen LogP contribution in [0.1, 0.15) is 39.4 Å². The molecule has 0 atom stereocenters. The van der Waals surface area contributed by atoms with E-state index >= 15 is 0 Å². The first-order valence-electron chi connectivity index (χ1n) is 9.62. The average Bonchev–Trinajstić information content (AvgIpc) is 3.01. The average molecular weight is 506 g/mol. The van der Waals surface area contributed by atoms with Crippen LogP contribution in [0.2, 0.25) is 10.0 Å². The van der Waals surface area contributed by atoms with Crippen LogP contribution in [0.25, 0.3) is 0 Å². The fraction of sp³-hybridized carbons (Fsp3) is 0.350. The molecule has 0 bridgehead atoms. The second-order valence-electron chi connectivity index (χ2n) is 7.06. The number of carbonyl (C=O) groups is 3. The van der Waals surface area contributed by atoms with Crippen molar-refractivity contribution < 1.29 is 24.2 Å². The van der Waals surface area contributed by atoms with E-state index in [-0.39, 0.29) is 39.8 Å². The zero-order valence-electron chi connectivity index (χ0n) is 17.1. The number of ether oxygens (including phenoxy) is 1. The number of aryl methyl sites for hydroxylation is 1. The highest BCUT2D eigenvalue weighted by atomic mass is 35.5. The monoisotopic (exact) mass is 504 g/mol. The van der Waals surface area contributed by atoms with Gasteiger partial charge in [0.1, 0.15) is 24.1 Å². The van der Waals surface area contributed by atoms with Crippen LogP contribution in [0, 0.1) is 6.92 Å². The highest BCUT2D eigenvalue weighted by molar-refractivity contribution is 6.44. The van der Waals surface area contributed by atoms with E-state index in [1.54, 1.807) is 6.92 Å². The van der Waals surface area contributed by atoms with Crippen LogP contribution in [0.15, 0.2) is 18.2 Å². The molecule has 1 aromatic heterocycles. The molecular formula is C20H23Cl3N4O5. The first-order valence-corrected chi connectivity index (χ1v) is 10.4. The van der Waals surface area contributed by atoms with Gasteiger partial charge in [-0.15, -0.1) is 12.4 Å². The third-order valence-electron chi connectivity index (χ3n) is 4.75. The van der Waals surface area contributed by atoms with E-state index in [0.29, 0.717) is 17.1 Å². The summed E-state index contributed by atoms with van der Waals surface area (Å²) in [5.41, 5.74) is 1.23. The maximum Gasteiger partial charge on any atom is 0.322 e. The number of piperidine rings is 1. The molecule has 5 N–H and O–H groups in total. The highest BCUT2D eigenvalue weighted by Gasteiger charge is 2.22. The number of hydrogen-bond donors (Lipinski definition) is 5. The maximum absolute atomic E-state index is 12.7. The Morgan fingerprint density at radius 1 is 1.16 bits per heavy atom. The summed E-state index contributed by atoms with van der Waals surface area (Å²) in [5.74, 6) is -1.93. The molecule has 1 aliphatic heterocycles. The van der Waals surface area contributed by atoms with Gasteiger partial charge in [0.25, 0.3) is 11.8 Å². The maximum atomic E-state index is 12.7. The van der Waals surface area contributed by atoms with Crippen LogP contribution in [0.3, 0.4) is 0 Å². The molecule has 0 radical (unpaired) electrons. The van der Waals surface area contributed by atoms with Gasteiger partial charge in [0, 0.05) is 11.3 Å². The quantitative estimate of drug-likeness (QED) is 0.392. The van der Waals surface area contributed by atoms with E-state index < -0.39 is 24.3 Å². The van der Waals surface area contributed by atoms with Gasteiger partial charge in [-0.25, -0.2) is 0 Å². The Labute approximate surface area is 200 Å². The van der Waals surface area contributed by atoms with Crippen molar-refractivity contribution in [1.82, 2.24) is 15.6 Å². The lowest BCUT2D eigenvalue weighted by molar-refractivity contribution is -0.135. The van der Waals surface area contributed by atoms with Crippen LogP contribution in [0.5, 0.6) is 5.75 Å². The lowest BCUT2D eigenvalue weighted by Gasteiger charge is -2.25. The van der Waals surface area contributed by atoms with E-state index in [2.05, 4.69) is 20.9 Å². The Kier molecular flexibility index (Phi) is 9.21. The van der Waals surface area contributed by atoms with Crippen molar-refractivity contribution in [1.29, 1.82) is 0 Å². The summed E-state index contributed by atoms with van der Waals surface area (Å²) in [6, 6.07) is 4.47. The standard InChI is InChI=1S/C20H22Cl2N4O5.ClH/c1-10-16(21)17(22)18(25-10)20(30)26-13-3-2-11(19(29)24-9-15(27)28)8-14(13)31-12-4-6-23-7-5-12;/h2-3,8,12,23,25H,4-7,9H2,1H3,(H,24,29)(H,26,30)(H,27,28);1H. The third kappa shape index (κ3) is 6.29. The predicted octanol–water partition coefficient (Wildman–Crippen LogP) is 3.25. The van der Waals surface area contributed by atoms with E-state index in [9.17, 15) is 14.4 Å². The number of anilines is 1. The molecule has 1 aromatic carbocycles. The van der Waals surface area contributed by atoms with Gasteiger partial charge >= 0.3 is 5.97 Å². The minimum absolute atomic E-state index is 0. The Hall–Kier alpha value is -2.46. The topological polar surface area (TPSA) is 133 Å². The number of aromatic amines is 1. The summed E-state index contributed by atoms with van der Waals surface area (Å²) in [5, 5.41) is 17.4. The Bertz CT molecular complexity index is 1010. The lowest BCUT2D eigenvalue weighted by Crippen LogP contribution is -2.34. The lowest BCUT2D eigenvalue weighted by atomic mass is 10.1. The van der Waals surface area contributed by atoms with Crippen molar-refractivity contribution in [3.05, 3.63) is 45.2 Å². The second-order valence-corrected chi connectivity index (χ2v) is 7.82. The van der Waals surface area contributed by atoms with Crippen molar-refractivity contribution in [3.8, 4) is 5.75 Å². The molecule has 2 aromatic rings. The molecule has 2 amide bonds. The number of halogens is 3. The molecule has 1 saturated heterocycles. The van der Waals surface area contributed by atoms with Crippen molar-refractivity contribution in [2.24, 2.45) is 0 Å². The van der Waals surface area contributed by atoms with Crippen molar-refractivity contribution in [2.75, 3.05) is 25.0 Å². The van der Waals surface area contributed by atoms with E-state index in [1.807, 2.05) is 0 Å². The number of hydrogen-bond acceptors (Lipinski definition) is 5. The smallest absolute Gasteiger partial charge is 0.322 e. The second kappa shape index (κ2) is 11.4. The van der Waals surface area contributed by atoms with E-state index in [4.69, 9.17) is 33.0 Å². The van der Waals surface area contributed by atoms with Gasteiger partial charge in [0.15, 0.2) is 0 Å². The van der Waals surface area contributed by atoms with Gasteiger partial charge in [-0.1, -0.05) is 23.2 Å². The van der Waals surface area contributed by atoms with Gasteiger partial charge in [0.05, 0.1) is 15.7 Å². The third-order valence-corrected chi connectivity index (χ3v) is 5.70.